The van der Waals surface area contributed by atoms with Gasteiger partial charge in [-0.05, 0) is 19.8 Å². The Morgan fingerprint density at radius 3 is 2.78 bits per heavy atom. The second-order valence-corrected chi connectivity index (χ2v) is 6.10. The lowest BCUT2D eigenvalue weighted by Gasteiger charge is -2.20. The molecule has 0 spiro atoms. The van der Waals surface area contributed by atoms with Crippen LogP contribution in [-0.2, 0) is 22.6 Å². The first-order chi connectivity index (χ1) is 11.1. The van der Waals surface area contributed by atoms with Crippen molar-refractivity contribution in [2.45, 2.75) is 58.0 Å². The van der Waals surface area contributed by atoms with Crippen molar-refractivity contribution in [3.63, 3.8) is 0 Å². The molecular weight excluding hydrogens is 296 g/mol. The van der Waals surface area contributed by atoms with Crippen molar-refractivity contribution in [3.8, 4) is 0 Å². The fourth-order valence-corrected chi connectivity index (χ4v) is 3.01. The maximum absolute atomic E-state index is 12.4. The zero-order valence-electron chi connectivity index (χ0n) is 13.6. The van der Waals surface area contributed by atoms with E-state index < -0.39 is 0 Å². The number of amides is 2. The molecule has 0 aromatic carbocycles. The summed E-state index contributed by atoms with van der Waals surface area (Å²) in [6.45, 7) is 2.80. The molecule has 1 atom stereocenters. The van der Waals surface area contributed by atoms with E-state index in [4.69, 9.17) is 0 Å². The molecule has 0 saturated heterocycles. The number of carbonyl (C=O) groups is 2. The predicted molar refractivity (Wildman–Crippen MR) is 83.6 cm³/mol. The molecule has 2 amide bonds. The van der Waals surface area contributed by atoms with Gasteiger partial charge in [-0.2, -0.15) is 5.10 Å². The largest absolute Gasteiger partial charge is 0.341 e. The van der Waals surface area contributed by atoms with Crippen molar-refractivity contribution in [2.75, 3.05) is 7.05 Å². The summed E-state index contributed by atoms with van der Waals surface area (Å²) in [7, 11) is 1.57. The van der Waals surface area contributed by atoms with Crippen LogP contribution in [0.25, 0.3) is 0 Å². The van der Waals surface area contributed by atoms with E-state index >= 15 is 0 Å². The Morgan fingerprint density at radius 2 is 2.00 bits per heavy atom. The number of aryl methyl sites for hydroxylation is 1. The summed E-state index contributed by atoms with van der Waals surface area (Å²) >= 11 is 0. The molecule has 8 heteroatoms. The third-order valence-electron chi connectivity index (χ3n) is 4.34. The number of aromatic nitrogens is 3. The smallest absolute Gasteiger partial charge is 0.268 e. The zero-order valence-corrected chi connectivity index (χ0v) is 13.6. The molecule has 0 saturated carbocycles. The number of hydrogen-bond donors (Lipinski definition) is 1. The lowest BCUT2D eigenvalue weighted by Crippen LogP contribution is -2.39. The van der Waals surface area contributed by atoms with Gasteiger partial charge in [-0.15, -0.1) is 10.2 Å². The average molecular weight is 318 g/mol. The highest BCUT2D eigenvalue weighted by atomic mass is 16.2. The number of nitrogens with zero attached hydrogens (tertiary/aromatic N) is 5. The molecule has 0 aliphatic carbocycles. The van der Waals surface area contributed by atoms with E-state index in [0.717, 1.165) is 37.5 Å². The molecule has 0 radical (unpaired) electrons. The molecule has 1 aromatic rings. The highest BCUT2D eigenvalue weighted by Gasteiger charge is 2.25. The molecule has 2 aliphatic heterocycles. The summed E-state index contributed by atoms with van der Waals surface area (Å²) in [6.07, 6.45) is 5.07. The molecule has 1 aromatic heterocycles. The van der Waals surface area contributed by atoms with Crippen molar-refractivity contribution in [3.05, 3.63) is 11.6 Å². The van der Waals surface area contributed by atoms with Gasteiger partial charge in [0.25, 0.3) is 5.91 Å². The molecule has 0 bridgehead atoms. The molecule has 2 aliphatic rings. The summed E-state index contributed by atoms with van der Waals surface area (Å²) < 4.78 is 2.12. The van der Waals surface area contributed by atoms with Crippen LogP contribution in [0.1, 0.15) is 56.7 Å². The minimum atomic E-state index is -0.247. The van der Waals surface area contributed by atoms with E-state index in [1.165, 1.54) is 11.4 Å². The molecule has 3 rings (SSSR count). The quantitative estimate of drug-likeness (QED) is 0.892. The minimum Gasteiger partial charge on any atom is -0.341 e. The van der Waals surface area contributed by atoms with Crippen LogP contribution in [0.4, 0.5) is 0 Å². The molecule has 1 N–H and O–H groups in total. The maximum Gasteiger partial charge on any atom is 0.268 e. The normalized spacial score (nSPS) is 19.7. The van der Waals surface area contributed by atoms with Crippen LogP contribution in [-0.4, -0.2) is 44.3 Å². The van der Waals surface area contributed by atoms with Crippen LogP contribution in [0.5, 0.6) is 0 Å². The van der Waals surface area contributed by atoms with Crippen molar-refractivity contribution in [1.29, 1.82) is 0 Å². The van der Waals surface area contributed by atoms with Crippen molar-refractivity contribution < 1.29 is 9.59 Å². The first kappa shape index (κ1) is 15.6. The van der Waals surface area contributed by atoms with Gasteiger partial charge in [-0.3, -0.25) is 9.59 Å². The monoisotopic (exact) mass is 318 g/mol. The van der Waals surface area contributed by atoms with Crippen LogP contribution in [0.3, 0.4) is 0 Å². The fraction of sp³-hybridized carbons (Fsp3) is 0.667. The number of hydrazone groups is 1. The van der Waals surface area contributed by atoms with Gasteiger partial charge < -0.3 is 9.88 Å². The molecule has 3 heterocycles. The lowest BCUT2D eigenvalue weighted by atomic mass is 10.1. The second kappa shape index (κ2) is 6.47. The van der Waals surface area contributed by atoms with Gasteiger partial charge in [0.05, 0.1) is 6.04 Å². The van der Waals surface area contributed by atoms with Gasteiger partial charge in [0, 0.05) is 32.9 Å². The SMILES string of the molecule is C[C@H](NC(=O)C1=NN(C)C(=O)CC1)c1nnc2n1CCCCC2. The molecule has 23 heavy (non-hydrogen) atoms. The van der Waals surface area contributed by atoms with Gasteiger partial charge in [0.1, 0.15) is 11.5 Å². The fourth-order valence-electron chi connectivity index (χ4n) is 3.01. The van der Waals surface area contributed by atoms with Gasteiger partial charge in [0.2, 0.25) is 5.91 Å². The first-order valence-corrected chi connectivity index (χ1v) is 8.13. The summed E-state index contributed by atoms with van der Waals surface area (Å²) in [6, 6.07) is -0.243. The van der Waals surface area contributed by atoms with E-state index in [1.54, 1.807) is 7.05 Å². The van der Waals surface area contributed by atoms with Gasteiger partial charge in [0.15, 0.2) is 5.82 Å². The summed E-state index contributed by atoms with van der Waals surface area (Å²) in [5, 5.41) is 16.7. The number of rotatable bonds is 3. The number of nitrogens with one attached hydrogen (secondary N) is 1. The van der Waals surface area contributed by atoms with E-state index in [-0.39, 0.29) is 17.9 Å². The number of fused-ring (bicyclic) bond motifs is 1. The van der Waals surface area contributed by atoms with Crippen molar-refractivity contribution in [1.82, 2.24) is 25.1 Å². The Labute approximate surface area is 134 Å². The average Bonchev–Trinajstić information content (AvgIpc) is 2.79. The van der Waals surface area contributed by atoms with Crippen LogP contribution in [0, 0.1) is 0 Å². The highest BCUT2D eigenvalue weighted by molar-refractivity contribution is 6.39. The Kier molecular flexibility index (Phi) is 4.40. The Morgan fingerprint density at radius 1 is 1.17 bits per heavy atom. The summed E-state index contributed by atoms with van der Waals surface area (Å²) in [4.78, 5) is 23.8. The van der Waals surface area contributed by atoms with Gasteiger partial charge in [-0.1, -0.05) is 6.42 Å². The van der Waals surface area contributed by atoms with Crippen molar-refractivity contribution in [2.24, 2.45) is 5.10 Å². The summed E-state index contributed by atoms with van der Waals surface area (Å²) in [5.74, 6) is 1.47. The third kappa shape index (κ3) is 3.25. The highest BCUT2D eigenvalue weighted by Crippen LogP contribution is 2.19. The van der Waals surface area contributed by atoms with Crippen LogP contribution >= 0.6 is 0 Å². The first-order valence-electron chi connectivity index (χ1n) is 8.13. The van der Waals surface area contributed by atoms with Crippen LogP contribution < -0.4 is 5.32 Å². The molecular formula is C15H22N6O2. The Balaban J connectivity index is 1.71. The van der Waals surface area contributed by atoms with E-state index in [0.29, 0.717) is 18.6 Å². The Bertz CT molecular complexity index is 650. The minimum absolute atomic E-state index is 0.0719. The van der Waals surface area contributed by atoms with E-state index in [9.17, 15) is 9.59 Å². The number of hydrogen-bond acceptors (Lipinski definition) is 5. The summed E-state index contributed by atoms with van der Waals surface area (Å²) in [5.41, 5.74) is 0.384. The molecule has 8 nitrogen and oxygen atoms in total. The maximum atomic E-state index is 12.4. The van der Waals surface area contributed by atoms with Crippen molar-refractivity contribution >= 4 is 17.5 Å². The predicted octanol–water partition coefficient (Wildman–Crippen LogP) is 0.790. The molecule has 124 valence electrons. The standard InChI is InChI=1S/C15H22N6O2/c1-10(14-18-17-12-6-4-3-5-9-21(12)14)16-15(23)11-7-8-13(22)20(2)19-11/h10H,3-9H2,1-2H3,(H,16,23)/t10-/m0/s1. The van der Waals surface area contributed by atoms with Crippen LogP contribution in [0.2, 0.25) is 0 Å². The van der Waals surface area contributed by atoms with E-state index in [1.807, 2.05) is 6.92 Å². The third-order valence-corrected chi connectivity index (χ3v) is 4.34. The number of carbonyl (C=O) groups excluding carboxylic acids is 2. The molecule has 0 unspecified atom stereocenters. The molecule has 0 fully saturated rings. The topological polar surface area (TPSA) is 92.5 Å². The second-order valence-electron chi connectivity index (χ2n) is 6.10. The zero-order chi connectivity index (χ0) is 16.4. The van der Waals surface area contributed by atoms with Gasteiger partial charge >= 0.3 is 0 Å². The lowest BCUT2D eigenvalue weighted by molar-refractivity contribution is -0.130. The van der Waals surface area contributed by atoms with Crippen LogP contribution in [0.15, 0.2) is 5.10 Å². The van der Waals surface area contributed by atoms with E-state index in [2.05, 4.69) is 25.2 Å². The van der Waals surface area contributed by atoms with Gasteiger partial charge in [-0.25, -0.2) is 5.01 Å². The Hall–Kier alpha value is -2.25.